The van der Waals surface area contributed by atoms with Gasteiger partial charge in [-0.1, -0.05) is 0 Å². The second-order valence-corrected chi connectivity index (χ2v) is 4.18. The molecule has 0 saturated heterocycles. The average Bonchev–Trinajstić information content (AvgIpc) is 2.76. The van der Waals surface area contributed by atoms with Gasteiger partial charge in [0, 0.05) is 36.8 Å². The molecule has 6 heteroatoms. The second-order valence-electron chi connectivity index (χ2n) is 3.33. The van der Waals surface area contributed by atoms with Crippen LogP contribution in [0.15, 0.2) is 40.8 Å². The van der Waals surface area contributed by atoms with Crippen LogP contribution in [0.25, 0.3) is 0 Å². The number of nitrogens with one attached hydrogen (secondary N) is 1. The van der Waals surface area contributed by atoms with Gasteiger partial charge in [-0.05, 0) is 23.7 Å². The molecule has 0 amide bonds. The number of nitrogens with zero attached hydrogens (tertiary/aromatic N) is 2. The summed E-state index contributed by atoms with van der Waals surface area (Å²) >= 11 is 1.35. The Morgan fingerprint density at radius 1 is 1.35 bits per heavy atom. The number of hydrogen-bond donors (Lipinski definition) is 1. The van der Waals surface area contributed by atoms with Crippen LogP contribution in [0, 0.1) is 0 Å². The van der Waals surface area contributed by atoms with Crippen molar-refractivity contribution >= 4 is 11.5 Å². The number of ether oxygens (including phenoxy) is 1. The lowest BCUT2D eigenvalue weighted by atomic mass is 10.4. The van der Waals surface area contributed by atoms with Gasteiger partial charge < -0.3 is 10.2 Å². The smallest absolute Gasteiger partial charge is 0.279 e. The Morgan fingerprint density at radius 3 is 2.88 bits per heavy atom. The zero-order chi connectivity index (χ0) is 11.9. The summed E-state index contributed by atoms with van der Waals surface area (Å²) in [4.78, 5) is 15.1. The molecule has 0 saturated carbocycles. The minimum Gasteiger partial charge on any atom is -0.493 e. The van der Waals surface area contributed by atoms with E-state index >= 15 is 0 Å². The molecule has 1 N–H and O–H groups in total. The van der Waals surface area contributed by atoms with Crippen molar-refractivity contribution < 1.29 is 4.74 Å². The van der Waals surface area contributed by atoms with E-state index in [-0.39, 0.29) is 5.56 Å². The summed E-state index contributed by atoms with van der Waals surface area (Å²) in [7, 11) is 0. The molecule has 90 valence electrons. The molecule has 0 fully saturated rings. The van der Waals surface area contributed by atoms with Crippen molar-refractivity contribution in [3.63, 3.8) is 0 Å². The normalized spacial score (nSPS) is 10.1. The molecule has 0 atom stereocenters. The Kier molecular flexibility index (Phi) is 4.15. The van der Waals surface area contributed by atoms with E-state index in [1.807, 2.05) is 12.1 Å². The topological polar surface area (TPSA) is 56.2 Å². The molecule has 2 aromatic rings. The Hall–Kier alpha value is -1.82. The van der Waals surface area contributed by atoms with E-state index in [1.165, 1.54) is 21.7 Å². The molecule has 2 heterocycles. The molecule has 5 nitrogen and oxygen atoms in total. The molecular weight excluding hydrogens is 238 g/mol. The quantitative estimate of drug-likeness (QED) is 0.787. The molecular formula is C11H13N3O2S. The van der Waals surface area contributed by atoms with E-state index in [4.69, 9.17) is 4.74 Å². The summed E-state index contributed by atoms with van der Waals surface area (Å²) in [6.07, 6.45) is 4.21. The van der Waals surface area contributed by atoms with E-state index in [0.29, 0.717) is 13.2 Å². The van der Waals surface area contributed by atoms with Gasteiger partial charge in [0.1, 0.15) is 5.75 Å². The third kappa shape index (κ3) is 3.60. The maximum Gasteiger partial charge on any atom is 0.279 e. The van der Waals surface area contributed by atoms with Crippen molar-refractivity contribution in [1.29, 1.82) is 0 Å². The SMILES string of the molecule is O=c1ccsn1NCCCOc1ccncc1. The van der Waals surface area contributed by atoms with Gasteiger partial charge >= 0.3 is 0 Å². The lowest BCUT2D eigenvalue weighted by Crippen LogP contribution is -2.24. The highest BCUT2D eigenvalue weighted by Crippen LogP contribution is 2.06. The third-order valence-corrected chi connectivity index (χ3v) is 2.85. The van der Waals surface area contributed by atoms with Crippen LogP contribution >= 0.6 is 11.5 Å². The predicted molar refractivity (Wildman–Crippen MR) is 67.2 cm³/mol. The summed E-state index contributed by atoms with van der Waals surface area (Å²) in [5.41, 5.74) is 2.99. The molecule has 0 aliphatic rings. The number of aromatic nitrogens is 2. The largest absolute Gasteiger partial charge is 0.493 e. The minimum atomic E-state index is -0.0231. The van der Waals surface area contributed by atoms with Crippen LogP contribution in [0.2, 0.25) is 0 Å². The van der Waals surface area contributed by atoms with E-state index in [9.17, 15) is 4.79 Å². The average molecular weight is 251 g/mol. The van der Waals surface area contributed by atoms with Crippen LogP contribution in [0.1, 0.15) is 6.42 Å². The van der Waals surface area contributed by atoms with Gasteiger partial charge in [-0.3, -0.25) is 9.78 Å². The zero-order valence-corrected chi connectivity index (χ0v) is 10.0. The molecule has 2 aromatic heterocycles. The van der Waals surface area contributed by atoms with E-state index < -0.39 is 0 Å². The molecule has 0 unspecified atom stereocenters. The molecule has 0 aromatic carbocycles. The fourth-order valence-electron chi connectivity index (χ4n) is 1.26. The molecule has 0 spiro atoms. The van der Waals surface area contributed by atoms with Gasteiger partial charge in [0.15, 0.2) is 0 Å². The first-order chi connectivity index (χ1) is 8.36. The van der Waals surface area contributed by atoms with Gasteiger partial charge in [0.2, 0.25) is 0 Å². The first-order valence-corrected chi connectivity index (χ1v) is 6.13. The van der Waals surface area contributed by atoms with Crippen LogP contribution in [-0.4, -0.2) is 22.2 Å². The van der Waals surface area contributed by atoms with Gasteiger partial charge in [0.05, 0.1) is 6.61 Å². The van der Waals surface area contributed by atoms with Gasteiger partial charge in [0.25, 0.3) is 5.56 Å². The third-order valence-electron chi connectivity index (χ3n) is 2.07. The van der Waals surface area contributed by atoms with Crippen molar-refractivity contribution in [2.75, 3.05) is 18.6 Å². The lowest BCUT2D eigenvalue weighted by molar-refractivity contribution is 0.313. The van der Waals surface area contributed by atoms with Gasteiger partial charge in [-0.25, -0.2) is 0 Å². The fraction of sp³-hybridized carbons (Fsp3) is 0.273. The molecule has 0 aliphatic carbocycles. The van der Waals surface area contributed by atoms with E-state index in [0.717, 1.165) is 12.2 Å². The molecule has 0 radical (unpaired) electrons. The second kappa shape index (κ2) is 6.05. The van der Waals surface area contributed by atoms with E-state index in [2.05, 4.69) is 10.4 Å². The summed E-state index contributed by atoms with van der Waals surface area (Å²) in [5.74, 6) is 0.813. The summed E-state index contributed by atoms with van der Waals surface area (Å²) in [6.45, 7) is 1.31. The van der Waals surface area contributed by atoms with Crippen molar-refractivity contribution in [1.82, 2.24) is 9.05 Å². The maximum atomic E-state index is 11.2. The Morgan fingerprint density at radius 2 is 2.18 bits per heavy atom. The minimum absolute atomic E-state index is 0.0231. The Labute approximate surface area is 103 Å². The predicted octanol–water partition coefficient (Wildman–Crippen LogP) is 1.32. The molecule has 0 aliphatic heterocycles. The first-order valence-electron chi connectivity index (χ1n) is 5.30. The van der Waals surface area contributed by atoms with Crippen molar-refractivity contribution in [2.24, 2.45) is 0 Å². The standard InChI is InChI=1S/C11H13N3O2S/c15-11-4-9-17-14(11)13-5-1-8-16-10-2-6-12-7-3-10/h2-4,6-7,9,13H,1,5,8H2. The lowest BCUT2D eigenvalue weighted by Gasteiger charge is -2.07. The highest BCUT2D eigenvalue weighted by atomic mass is 32.1. The van der Waals surface area contributed by atoms with Crippen molar-refractivity contribution in [3.05, 3.63) is 46.3 Å². The van der Waals surface area contributed by atoms with Crippen LogP contribution in [-0.2, 0) is 0 Å². The molecule has 17 heavy (non-hydrogen) atoms. The van der Waals surface area contributed by atoms with E-state index in [1.54, 1.807) is 17.8 Å². The van der Waals surface area contributed by atoms with Crippen molar-refractivity contribution in [3.8, 4) is 5.75 Å². The van der Waals surface area contributed by atoms with Crippen molar-refractivity contribution in [2.45, 2.75) is 6.42 Å². The summed E-state index contributed by atoms with van der Waals surface area (Å²) in [6, 6.07) is 5.17. The summed E-state index contributed by atoms with van der Waals surface area (Å²) in [5, 5.41) is 1.75. The van der Waals surface area contributed by atoms with Crippen LogP contribution in [0.4, 0.5) is 0 Å². The number of hydrogen-bond acceptors (Lipinski definition) is 5. The van der Waals surface area contributed by atoms with Crippen LogP contribution in [0.5, 0.6) is 5.75 Å². The number of rotatable bonds is 6. The maximum absolute atomic E-state index is 11.2. The molecule has 0 bridgehead atoms. The Bertz CT molecular complexity index is 495. The van der Waals surface area contributed by atoms with Gasteiger partial charge in [-0.2, -0.15) is 4.07 Å². The highest BCUT2D eigenvalue weighted by molar-refractivity contribution is 7.04. The first kappa shape index (κ1) is 11.7. The fourth-order valence-corrected chi connectivity index (χ4v) is 1.89. The van der Waals surface area contributed by atoms with Gasteiger partial charge in [-0.15, -0.1) is 0 Å². The van der Waals surface area contributed by atoms with Crippen LogP contribution < -0.4 is 15.7 Å². The Balaban J connectivity index is 1.64. The zero-order valence-electron chi connectivity index (χ0n) is 9.20. The summed E-state index contributed by atoms with van der Waals surface area (Å²) < 4.78 is 7.00. The molecule has 2 rings (SSSR count). The highest BCUT2D eigenvalue weighted by Gasteiger charge is 1.95. The van der Waals surface area contributed by atoms with Crippen LogP contribution in [0.3, 0.4) is 0 Å². The number of pyridine rings is 1. The monoisotopic (exact) mass is 251 g/mol.